The maximum atomic E-state index is 12.4. The van der Waals surface area contributed by atoms with Gasteiger partial charge in [0.05, 0.1) is 5.69 Å². The van der Waals surface area contributed by atoms with Gasteiger partial charge in [0.25, 0.3) is 0 Å². The number of hydrogen-bond donors (Lipinski definition) is 0. The van der Waals surface area contributed by atoms with Crippen LogP contribution in [0.25, 0.3) is 0 Å². The highest BCUT2D eigenvalue weighted by molar-refractivity contribution is 5.76. The predicted molar refractivity (Wildman–Crippen MR) is 92.0 cm³/mol. The second-order valence-corrected chi connectivity index (χ2v) is 7.14. The van der Waals surface area contributed by atoms with Crippen LogP contribution in [0.4, 0.5) is 0 Å². The maximum Gasteiger partial charge on any atom is 0.223 e. The molecule has 0 N–H and O–H groups in total. The minimum atomic E-state index is 0.343. The predicted octanol–water partition coefficient (Wildman–Crippen LogP) is 3.00. The summed E-state index contributed by atoms with van der Waals surface area (Å²) in [5, 5.41) is 0. The minimum absolute atomic E-state index is 0.343. The monoisotopic (exact) mass is 315 g/mol. The Hall–Kier alpha value is -1.42. The maximum absolute atomic E-state index is 12.4. The molecule has 1 amide bonds. The van der Waals surface area contributed by atoms with Crippen molar-refractivity contribution in [2.45, 2.75) is 52.0 Å². The second-order valence-electron chi connectivity index (χ2n) is 7.14. The Bertz CT molecular complexity index is 525. The summed E-state index contributed by atoms with van der Waals surface area (Å²) in [4.78, 5) is 21.5. The van der Waals surface area contributed by atoms with E-state index in [0.29, 0.717) is 12.3 Å². The van der Waals surface area contributed by atoms with Gasteiger partial charge in [-0.15, -0.1) is 0 Å². The van der Waals surface area contributed by atoms with Gasteiger partial charge < -0.3 is 4.90 Å². The molecule has 1 aliphatic carbocycles. The smallest absolute Gasteiger partial charge is 0.223 e. The van der Waals surface area contributed by atoms with E-state index in [2.05, 4.69) is 26.9 Å². The molecule has 126 valence electrons. The van der Waals surface area contributed by atoms with Crippen molar-refractivity contribution in [1.82, 2.24) is 14.8 Å². The number of pyridine rings is 1. The van der Waals surface area contributed by atoms with Gasteiger partial charge in [-0.2, -0.15) is 0 Å². The minimum Gasteiger partial charge on any atom is -0.341 e. The van der Waals surface area contributed by atoms with Gasteiger partial charge in [-0.05, 0) is 37.8 Å². The molecule has 1 aromatic rings. The lowest BCUT2D eigenvalue weighted by molar-refractivity contribution is -0.131. The lowest BCUT2D eigenvalue weighted by atomic mass is 9.89. The van der Waals surface area contributed by atoms with Crippen molar-refractivity contribution in [3.8, 4) is 0 Å². The van der Waals surface area contributed by atoms with Crippen LogP contribution in [0.2, 0.25) is 0 Å². The third kappa shape index (κ3) is 4.77. The zero-order chi connectivity index (χ0) is 16.1. The van der Waals surface area contributed by atoms with Gasteiger partial charge in [-0.1, -0.05) is 25.3 Å². The van der Waals surface area contributed by atoms with E-state index in [9.17, 15) is 4.79 Å². The molecule has 2 aliphatic rings. The number of hydrogen-bond acceptors (Lipinski definition) is 3. The molecular weight excluding hydrogens is 286 g/mol. The topological polar surface area (TPSA) is 36.4 Å². The summed E-state index contributed by atoms with van der Waals surface area (Å²) in [7, 11) is 0. The number of carbonyl (C=O) groups is 1. The Kier molecular flexibility index (Phi) is 5.65. The van der Waals surface area contributed by atoms with Crippen molar-refractivity contribution in [2.75, 3.05) is 26.2 Å². The van der Waals surface area contributed by atoms with E-state index in [-0.39, 0.29) is 0 Å². The summed E-state index contributed by atoms with van der Waals surface area (Å²) >= 11 is 0. The van der Waals surface area contributed by atoms with E-state index in [1.54, 1.807) is 0 Å². The van der Waals surface area contributed by atoms with Crippen LogP contribution < -0.4 is 0 Å². The van der Waals surface area contributed by atoms with Crippen LogP contribution in [0.5, 0.6) is 0 Å². The molecule has 0 unspecified atom stereocenters. The molecule has 0 bridgehead atoms. The van der Waals surface area contributed by atoms with Gasteiger partial charge in [-0.25, -0.2) is 0 Å². The fraction of sp³-hybridized carbons (Fsp3) is 0.684. The van der Waals surface area contributed by atoms with Gasteiger partial charge in [0.15, 0.2) is 0 Å². The van der Waals surface area contributed by atoms with Crippen LogP contribution in [-0.4, -0.2) is 46.9 Å². The number of carbonyl (C=O) groups excluding carboxylic acids is 1. The highest BCUT2D eigenvalue weighted by Gasteiger charge is 2.24. The Morgan fingerprint density at radius 2 is 1.96 bits per heavy atom. The normalized spacial score (nSPS) is 21.4. The van der Waals surface area contributed by atoms with Crippen LogP contribution >= 0.6 is 0 Å². The van der Waals surface area contributed by atoms with Crippen molar-refractivity contribution < 1.29 is 4.79 Å². The first kappa shape index (κ1) is 16.4. The van der Waals surface area contributed by atoms with E-state index in [1.165, 1.54) is 32.1 Å². The third-order valence-electron chi connectivity index (χ3n) is 5.22. The lowest BCUT2D eigenvalue weighted by Crippen LogP contribution is -2.37. The van der Waals surface area contributed by atoms with E-state index in [4.69, 9.17) is 0 Å². The summed E-state index contributed by atoms with van der Waals surface area (Å²) in [6, 6.07) is 6.18. The summed E-state index contributed by atoms with van der Waals surface area (Å²) in [6.07, 6.45) is 7.33. The highest BCUT2D eigenvalue weighted by atomic mass is 16.2. The van der Waals surface area contributed by atoms with E-state index >= 15 is 0 Å². The van der Waals surface area contributed by atoms with Crippen LogP contribution in [0, 0.1) is 12.8 Å². The van der Waals surface area contributed by atoms with E-state index in [1.807, 2.05) is 13.0 Å². The number of rotatable bonds is 4. The molecular formula is C19H29N3O. The van der Waals surface area contributed by atoms with Crippen LogP contribution in [0.3, 0.4) is 0 Å². The largest absolute Gasteiger partial charge is 0.341 e. The lowest BCUT2D eigenvalue weighted by Gasteiger charge is -2.29. The number of aromatic nitrogens is 1. The zero-order valence-corrected chi connectivity index (χ0v) is 14.3. The van der Waals surface area contributed by atoms with Gasteiger partial charge in [-0.3, -0.25) is 14.7 Å². The number of nitrogens with zero attached hydrogens (tertiary/aromatic N) is 3. The molecule has 1 aromatic heterocycles. The average Bonchev–Trinajstić information content (AvgIpc) is 2.72. The molecule has 1 saturated carbocycles. The number of amides is 1. The Labute approximate surface area is 139 Å². The Morgan fingerprint density at radius 1 is 1.13 bits per heavy atom. The molecule has 0 atom stereocenters. The van der Waals surface area contributed by atoms with E-state index in [0.717, 1.165) is 50.0 Å². The molecule has 1 saturated heterocycles. The summed E-state index contributed by atoms with van der Waals surface area (Å²) < 4.78 is 0. The third-order valence-corrected chi connectivity index (χ3v) is 5.22. The number of aryl methyl sites for hydroxylation is 1. The molecule has 0 radical (unpaired) electrons. The molecule has 0 spiro atoms. The molecule has 3 rings (SSSR count). The van der Waals surface area contributed by atoms with Crippen molar-refractivity contribution in [2.24, 2.45) is 5.92 Å². The standard InChI is InChI=1S/C19H29N3O/c1-16-6-5-9-18(20-16)15-21-11-10-19(23)22(13-12-21)14-17-7-3-2-4-8-17/h5-6,9,17H,2-4,7-8,10-15H2,1H3. The Morgan fingerprint density at radius 3 is 2.74 bits per heavy atom. The van der Waals surface area contributed by atoms with Gasteiger partial charge >= 0.3 is 0 Å². The molecule has 4 heteroatoms. The fourth-order valence-corrected chi connectivity index (χ4v) is 3.86. The van der Waals surface area contributed by atoms with Gasteiger partial charge in [0, 0.05) is 44.8 Å². The second kappa shape index (κ2) is 7.91. The molecule has 23 heavy (non-hydrogen) atoms. The first-order chi connectivity index (χ1) is 11.2. The van der Waals surface area contributed by atoms with Crippen molar-refractivity contribution in [1.29, 1.82) is 0 Å². The summed E-state index contributed by atoms with van der Waals surface area (Å²) in [6.45, 7) is 6.56. The van der Waals surface area contributed by atoms with Gasteiger partial charge in [0.1, 0.15) is 0 Å². The fourth-order valence-electron chi connectivity index (χ4n) is 3.86. The SMILES string of the molecule is Cc1cccc(CN2CCC(=O)N(CC3CCCCC3)CC2)n1. The molecule has 4 nitrogen and oxygen atoms in total. The van der Waals surface area contributed by atoms with Crippen molar-refractivity contribution in [3.05, 3.63) is 29.6 Å². The van der Waals surface area contributed by atoms with Crippen LogP contribution in [0.15, 0.2) is 18.2 Å². The van der Waals surface area contributed by atoms with Crippen molar-refractivity contribution in [3.63, 3.8) is 0 Å². The van der Waals surface area contributed by atoms with E-state index < -0.39 is 0 Å². The van der Waals surface area contributed by atoms with Gasteiger partial charge in [0.2, 0.25) is 5.91 Å². The molecule has 2 fully saturated rings. The first-order valence-electron chi connectivity index (χ1n) is 9.13. The average molecular weight is 315 g/mol. The van der Waals surface area contributed by atoms with Crippen molar-refractivity contribution >= 4 is 5.91 Å². The highest BCUT2D eigenvalue weighted by Crippen LogP contribution is 2.25. The molecule has 0 aromatic carbocycles. The summed E-state index contributed by atoms with van der Waals surface area (Å²) in [5.41, 5.74) is 2.17. The quantitative estimate of drug-likeness (QED) is 0.857. The Balaban J connectivity index is 1.53. The molecule has 1 aliphatic heterocycles. The van der Waals surface area contributed by atoms with Crippen LogP contribution in [0.1, 0.15) is 49.9 Å². The van der Waals surface area contributed by atoms with Crippen LogP contribution in [-0.2, 0) is 11.3 Å². The molecule has 2 heterocycles. The summed E-state index contributed by atoms with van der Waals surface area (Å²) in [5.74, 6) is 1.08. The first-order valence-corrected chi connectivity index (χ1v) is 9.13. The zero-order valence-electron chi connectivity index (χ0n) is 14.3.